The Morgan fingerprint density at radius 1 is 0.788 bits per heavy atom. The molecule has 1 aliphatic carbocycles. The van der Waals surface area contributed by atoms with E-state index >= 15 is 0 Å². The van der Waals surface area contributed by atoms with Gasteiger partial charge in [-0.1, -0.05) is 25.7 Å². The van der Waals surface area contributed by atoms with Crippen LogP contribution in [0.15, 0.2) is 29.2 Å². The molecule has 1 aromatic rings. The van der Waals surface area contributed by atoms with E-state index in [0.717, 1.165) is 25.7 Å². The molecule has 0 radical (unpaired) electrons. The van der Waals surface area contributed by atoms with Crippen molar-refractivity contribution in [2.45, 2.75) is 56.3 Å². The van der Waals surface area contributed by atoms with Crippen molar-refractivity contribution in [3.8, 4) is 0 Å². The van der Waals surface area contributed by atoms with Crippen LogP contribution in [0.5, 0.6) is 0 Å². The van der Waals surface area contributed by atoms with Crippen molar-refractivity contribution < 1.29 is 21.6 Å². The lowest BCUT2D eigenvalue weighted by molar-refractivity contribution is 0.0697. The Hall–Kier alpha value is -1.49. The highest BCUT2D eigenvalue weighted by Gasteiger charge is 2.30. The predicted molar refractivity (Wildman–Crippen MR) is 127 cm³/mol. The molecule has 0 bridgehead atoms. The van der Waals surface area contributed by atoms with E-state index in [0.29, 0.717) is 57.2 Å². The van der Waals surface area contributed by atoms with Crippen molar-refractivity contribution in [3.05, 3.63) is 29.8 Å². The van der Waals surface area contributed by atoms with Crippen molar-refractivity contribution in [2.24, 2.45) is 5.92 Å². The van der Waals surface area contributed by atoms with Gasteiger partial charge in [0.15, 0.2) is 0 Å². The van der Waals surface area contributed by atoms with Crippen LogP contribution in [0.2, 0.25) is 0 Å². The van der Waals surface area contributed by atoms with Crippen molar-refractivity contribution in [1.82, 2.24) is 13.5 Å². The summed E-state index contributed by atoms with van der Waals surface area (Å²) in [5.41, 5.74) is 0.421. The first-order valence-electron chi connectivity index (χ1n) is 12.1. The molecule has 0 N–H and O–H groups in total. The molecule has 33 heavy (non-hydrogen) atoms. The summed E-state index contributed by atoms with van der Waals surface area (Å²) in [6.07, 6.45) is 8.22. The molecular weight excluding hydrogens is 462 g/mol. The molecule has 0 unspecified atom stereocenters. The third kappa shape index (κ3) is 5.78. The number of piperazine rings is 1. The molecule has 0 atom stereocenters. The minimum atomic E-state index is -3.53. The fourth-order valence-corrected chi connectivity index (χ4v) is 7.87. The maximum absolute atomic E-state index is 12.9. The zero-order chi connectivity index (χ0) is 23.5. The van der Waals surface area contributed by atoms with Gasteiger partial charge in [0.2, 0.25) is 20.0 Å². The molecule has 2 aliphatic heterocycles. The van der Waals surface area contributed by atoms with E-state index in [1.807, 2.05) is 0 Å². The van der Waals surface area contributed by atoms with Crippen LogP contribution in [-0.2, 0) is 20.0 Å². The minimum Gasteiger partial charge on any atom is -0.336 e. The first-order chi connectivity index (χ1) is 15.8. The van der Waals surface area contributed by atoms with Crippen LogP contribution in [0.25, 0.3) is 0 Å². The molecule has 1 saturated carbocycles. The van der Waals surface area contributed by atoms with Crippen molar-refractivity contribution in [1.29, 1.82) is 0 Å². The summed E-state index contributed by atoms with van der Waals surface area (Å²) in [4.78, 5) is 14.8. The third-order valence-electron chi connectivity index (χ3n) is 7.21. The number of rotatable bonds is 8. The van der Waals surface area contributed by atoms with Gasteiger partial charge in [0.1, 0.15) is 0 Å². The van der Waals surface area contributed by atoms with Gasteiger partial charge >= 0.3 is 0 Å². The number of nitrogens with zero attached hydrogens (tertiary/aromatic N) is 3. The van der Waals surface area contributed by atoms with Crippen LogP contribution >= 0.6 is 0 Å². The zero-order valence-electron chi connectivity index (χ0n) is 19.2. The summed E-state index contributed by atoms with van der Waals surface area (Å²) >= 11 is 0. The van der Waals surface area contributed by atoms with Gasteiger partial charge in [-0.15, -0.1) is 0 Å². The Morgan fingerprint density at radius 3 is 2.00 bits per heavy atom. The lowest BCUT2D eigenvalue weighted by Gasteiger charge is -2.34. The van der Waals surface area contributed by atoms with E-state index in [-0.39, 0.29) is 16.6 Å². The molecule has 10 heteroatoms. The maximum Gasteiger partial charge on any atom is 0.253 e. The predicted octanol–water partition coefficient (Wildman–Crippen LogP) is 2.53. The standard InChI is InChI=1S/C23H35N3O5S2/c27-23(21-9-11-22(12-10-21)33(30,31)26-13-2-1-3-14-26)24-15-17-25(18-16-24)32(28,29)19-5-8-20-6-4-7-20/h9-12,20H,1-8,13-19H2. The first-order valence-corrected chi connectivity index (χ1v) is 15.2. The summed E-state index contributed by atoms with van der Waals surface area (Å²) in [7, 11) is -6.81. The third-order valence-corrected chi connectivity index (χ3v) is 11.1. The number of sulfonamides is 2. The average Bonchev–Trinajstić information content (AvgIpc) is 2.81. The largest absolute Gasteiger partial charge is 0.336 e. The van der Waals surface area contributed by atoms with Gasteiger partial charge in [-0.2, -0.15) is 8.61 Å². The molecule has 4 rings (SSSR count). The molecular formula is C23H35N3O5S2. The van der Waals surface area contributed by atoms with Crippen LogP contribution in [0.4, 0.5) is 0 Å². The summed E-state index contributed by atoms with van der Waals surface area (Å²) in [5.74, 6) is 0.694. The maximum atomic E-state index is 12.9. The number of hydrogen-bond acceptors (Lipinski definition) is 5. The van der Waals surface area contributed by atoms with E-state index in [9.17, 15) is 21.6 Å². The quantitative estimate of drug-likeness (QED) is 0.550. The number of piperidine rings is 1. The fraction of sp³-hybridized carbons (Fsp3) is 0.696. The number of carbonyl (C=O) groups is 1. The summed E-state index contributed by atoms with van der Waals surface area (Å²) in [6.45, 7) is 2.37. The van der Waals surface area contributed by atoms with Gasteiger partial charge in [0.25, 0.3) is 5.91 Å². The SMILES string of the molecule is O=C(c1ccc(S(=O)(=O)N2CCCCC2)cc1)N1CCN(S(=O)(=O)CCCC2CCC2)CC1. The van der Waals surface area contributed by atoms with Gasteiger partial charge in [-0.3, -0.25) is 4.79 Å². The van der Waals surface area contributed by atoms with Crippen molar-refractivity contribution in [2.75, 3.05) is 45.0 Å². The number of carbonyl (C=O) groups excluding carboxylic acids is 1. The monoisotopic (exact) mass is 497 g/mol. The van der Waals surface area contributed by atoms with Gasteiger partial charge in [0, 0.05) is 44.8 Å². The summed E-state index contributed by atoms with van der Waals surface area (Å²) in [5, 5.41) is 0. The fourth-order valence-electron chi connectivity index (χ4n) is 4.84. The topological polar surface area (TPSA) is 95.1 Å². The first kappa shape index (κ1) is 24.6. The van der Waals surface area contributed by atoms with E-state index in [4.69, 9.17) is 0 Å². The lowest BCUT2D eigenvalue weighted by atomic mass is 9.82. The summed E-state index contributed by atoms with van der Waals surface area (Å²) in [6, 6.07) is 6.12. The van der Waals surface area contributed by atoms with Gasteiger partial charge in [-0.25, -0.2) is 16.8 Å². The van der Waals surface area contributed by atoms with Crippen LogP contribution in [0, 0.1) is 5.92 Å². The van der Waals surface area contributed by atoms with Crippen LogP contribution < -0.4 is 0 Å². The second-order valence-corrected chi connectivity index (χ2v) is 13.5. The van der Waals surface area contributed by atoms with Crippen molar-refractivity contribution >= 4 is 26.0 Å². The Morgan fingerprint density at radius 2 is 1.42 bits per heavy atom. The molecule has 3 aliphatic rings. The normalized spacial score (nSPS) is 21.6. The number of amides is 1. The molecule has 3 fully saturated rings. The van der Waals surface area contributed by atoms with Gasteiger partial charge in [0.05, 0.1) is 10.6 Å². The minimum absolute atomic E-state index is 0.185. The molecule has 184 valence electrons. The Balaban J connectivity index is 1.30. The van der Waals surface area contributed by atoms with Gasteiger partial charge < -0.3 is 4.90 Å². The Bertz CT molecular complexity index is 1020. The molecule has 1 amide bonds. The smallest absolute Gasteiger partial charge is 0.253 e. The second kappa shape index (κ2) is 10.4. The van der Waals surface area contributed by atoms with Crippen LogP contribution in [0.3, 0.4) is 0 Å². The highest BCUT2D eigenvalue weighted by atomic mass is 32.2. The molecule has 2 heterocycles. The van der Waals surface area contributed by atoms with Crippen molar-refractivity contribution in [3.63, 3.8) is 0 Å². The van der Waals surface area contributed by atoms with Crippen LogP contribution in [0.1, 0.15) is 61.7 Å². The average molecular weight is 498 g/mol. The summed E-state index contributed by atoms with van der Waals surface area (Å²) < 4.78 is 53.9. The molecule has 2 saturated heterocycles. The number of benzene rings is 1. The van der Waals surface area contributed by atoms with Gasteiger partial charge in [-0.05, 0) is 55.9 Å². The van der Waals surface area contributed by atoms with E-state index < -0.39 is 20.0 Å². The Labute approximate surface area is 198 Å². The van der Waals surface area contributed by atoms with Crippen LogP contribution in [-0.4, -0.2) is 81.3 Å². The molecule has 0 aromatic heterocycles. The zero-order valence-corrected chi connectivity index (χ0v) is 20.8. The second-order valence-electron chi connectivity index (χ2n) is 9.44. The highest BCUT2D eigenvalue weighted by Crippen LogP contribution is 2.30. The van der Waals surface area contributed by atoms with E-state index in [2.05, 4.69) is 0 Å². The lowest BCUT2D eigenvalue weighted by Crippen LogP contribution is -2.51. The van der Waals surface area contributed by atoms with E-state index in [1.54, 1.807) is 17.0 Å². The number of hydrogen-bond donors (Lipinski definition) is 0. The molecule has 8 nitrogen and oxygen atoms in total. The highest BCUT2D eigenvalue weighted by molar-refractivity contribution is 7.89. The Kier molecular flexibility index (Phi) is 7.77. The molecule has 0 spiro atoms. The molecule has 1 aromatic carbocycles. The van der Waals surface area contributed by atoms with E-state index in [1.165, 1.54) is 40.0 Å².